The van der Waals surface area contributed by atoms with Gasteiger partial charge in [-0.25, -0.2) is 13.1 Å². The second-order valence-corrected chi connectivity index (χ2v) is 7.80. The van der Waals surface area contributed by atoms with E-state index < -0.39 is 10.0 Å². The van der Waals surface area contributed by atoms with Crippen LogP contribution in [0.25, 0.3) is 0 Å². The highest BCUT2D eigenvalue weighted by molar-refractivity contribution is 7.99. The molecule has 0 aliphatic rings. The molecule has 0 heterocycles. The number of benzene rings is 1. The molecule has 0 amide bonds. The van der Waals surface area contributed by atoms with Crippen LogP contribution >= 0.6 is 35.0 Å². The number of sulfonamides is 1. The molecule has 0 aliphatic carbocycles. The molecule has 19 heavy (non-hydrogen) atoms. The summed E-state index contributed by atoms with van der Waals surface area (Å²) in [6.45, 7) is 2.38. The van der Waals surface area contributed by atoms with E-state index in [1.807, 2.05) is 13.2 Å². The summed E-state index contributed by atoms with van der Waals surface area (Å²) >= 11 is 13.4. The first kappa shape index (κ1) is 16.9. The summed E-state index contributed by atoms with van der Waals surface area (Å²) in [5.41, 5.74) is 5.69. The Labute approximate surface area is 128 Å². The van der Waals surface area contributed by atoms with Crippen molar-refractivity contribution < 1.29 is 8.42 Å². The topological polar surface area (TPSA) is 72.2 Å². The molecule has 8 heteroatoms. The number of anilines is 1. The highest BCUT2D eigenvalue weighted by Crippen LogP contribution is 2.32. The summed E-state index contributed by atoms with van der Waals surface area (Å²) in [5, 5.41) is 0.575. The van der Waals surface area contributed by atoms with Gasteiger partial charge in [-0.1, -0.05) is 30.1 Å². The molecule has 0 radical (unpaired) electrons. The highest BCUT2D eigenvalue weighted by atomic mass is 35.5. The Bertz CT molecular complexity index is 550. The van der Waals surface area contributed by atoms with Gasteiger partial charge < -0.3 is 5.73 Å². The number of nitrogens with two attached hydrogens (primary N) is 1. The second kappa shape index (κ2) is 7.04. The average molecular weight is 343 g/mol. The van der Waals surface area contributed by atoms with Gasteiger partial charge in [0.05, 0.1) is 15.7 Å². The van der Waals surface area contributed by atoms with Gasteiger partial charge in [-0.3, -0.25) is 0 Å². The molecule has 1 rings (SSSR count). The van der Waals surface area contributed by atoms with Crippen LogP contribution in [0.4, 0.5) is 5.69 Å². The van der Waals surface area contributed by atoms with E-state index in [-0.39, 0.29) is 20.6 Å². The number of rotatable bonds is 6. The van der Waals surface area contributed by atoms with E-state index in [2.05, 4.69) is 4.72 Å². The Morgan fingerprint density at radius 3 is 2.63 bits per heavy atom. The van der Waals surface area contributed by atoms with Crippen molar-refractivity contribution in [1.29, 1.82) is 0 Å². The van der Waals surface area contributed by atoms with E-state index in [9.17, 15) is 8.42 Å². The molecule has 0 saturated heterocycles. The second-order valence-electron chi connectivity index (χ2n) is 4.01. The zero-order valence-electron chi connectivity index (χ0n) is 10.6. The molecular weight excluding hydrogens is 327 g/mol. The predicted molar refractivity (Wildman–Crippen MR) is 83.7 cm³/mol. The van der Waals surface area contributed by atoms with Crippen molar-refractivity contribution in [3.63, 3.8) is 0 Å². The quantitative estimate of drug-likeness (QED) is 0.779. The van der Waals surface area contributed by atoms with Crippen molar-refractivity contribution in [3.8, 4) is 0 Å². The van der Waals surface area contributed by atoms with Gasteiger partial charge in [-0.15, -0.1) is 0 Å². The molecule has 1 atom stereocenters. The van der Waals surface area contributed by atoms with Crippen LogP contribution in [0.5, 0.6) is 0 Å². The lowest BCUT2D eigenvalue weighted by Gasteiger charge is -2.12. The molecule has 1 aromatic carbocycles. The highest BCUT2D eigenvalue weighted by Gasteiger charge is 2.20. The van der Waals surface area contributed by atoms with Gasteiger partial charge in [0, 0.05) is 11.8 Å². The maximum Gasteiger partial charge on any atom is 0.242 e. The van der Waals surface area contributed by atoms with Crippen molar-refractivity contribution in [2.45, 2.75) is 23.5 Å². The number of hydrogen-bond donors (Lipinski definition) is 2. The average Bonchev–Trinajstić information content (AvgIpc) is 2.35. The third-order valence-electron chi connectivity index (χ3n) is 2.63. The summed E-state index contributed by atoms with van der Waals surface area (Å²) in [6.07, 6.45) is 2.72. The molecule has 4 nitrogen and oxygen atoms in total. The predicted octanol–water partition coefficient (Wildman–Crippen LogP) is 3.00. The first-order chi connectivity index (χ1) is 8.79. The smallest absolute Gasteiger partial charge is 0.242 e. The fourth-order valence-electron chi connectivity index (χ4n) is 1.35. The van der Waals surface area contributed by atoms with Gasteiger partial charge in [0.25, 0.3) is 0 Å². The van der Waals surface area contributed by atoms with Crippen molar-refractivity contribution in [2.24, 2.45) is 0 Å². The van der Waals surface area contributed by atoms with Gasteiger partial charge in [0.1, 0.15) is 4.90 Å². The van der Waals surface area contributed by atoms with E-state index in [4.69, 9.17) is 28.9 Å². The fourth-order valence-corrected chi connectivity index (χ4v) is 3.51. The largest absolute Gasteiger partial charge is 0.396 e. The SMILES string of the molecule is CSC(C)CCNS(=O)(=O)c1ccc(Cl)c(N)c1Cl. The Hall–Kier alpha value is -0.140. The number of hydrogen-bond acceptors (Lipinski definition) is 4. The van der Waals surface area contributed by atoms with Gasteiger partial charge in [-0.2, -0.15) is 11.8 Å². The van der Waals surface area contributed by atoms with Crippen LogP contribution < -0.4 is 10.5 Å². The minimum Gasteiger partial charge on any atom is -0.396 e. The number of halogens is 2. The van der Waals surface area contributed by atoms with Gasteiger partial charge >= 0.3 is 0 Å². The Morgan fingerprint density at radius 2 is 2.05 bits per heavy atom. The minimum absolute atomic E-state index is 0.0436. The summed E-state index contributed by atoms with van der Waals surface area (Å²) in [7, 11) is -3.66. The molecule has 0 aromatic heterocycles. The van der Waals surface area contributed by atoms with Crippen LogP contribution in [-0.2, 0) is 10.0 Å². The number of nitrogen functional groups attached to an aromatic ring is 1. The third kappa shape index (κ3) is 4.43. The molecule has 3 N–H and O–H groups in total. The normalized spacial score (nSPS) is 13.5. The summed E-state index contributed by atoms with van der Waals surface area (Å²) < 4.78 is 26.7. The van der Waals surface area contributed by atoms with E-state index in [0.717, 1.165) is 6.42 Å². The van der Waals surface area contributed by atoms with Crippen LogP contribution in [-0.4, -0.2) is 26.5 Å². The molecule has 1 unspecified atom stereocenters. The Kier molecular flexibility index (Phi) is 6.26. The van der Waals surface area contributed by atoms with Crippen LogP contribution in [0.15, 0.2) is 17.0 Å². The molecule has 0 bridgehead atoms. The van der Waals surface area contributed by atoms with E-state index >= 15 is 0 Å². The van der Waals surface area contributed by atoms with Crippen LogP contribution in [0, 0.1) is 0 Å². The molecule has 0 fully saturated rings. The van der Waals surface area contributed by atoms with Gasteiger partial charge in [0.15, 0.2) is 0 Å². The summed E-state index contributed by atoms with van der Waals surface area (Å²) in [4.78, 5) is -0.0483. The van der Waals surface area contributed by atoms with E-state index in [1.54, 1.807) is 11.8 Å². The molecule has 0 saturated carbocycles. The third-order valence-corrected chi connectivity index (χ3v) is 6.02. The van der Waals surface area contributed by atoms with Crippen molar-refractivity contribution in [2.75, 3.05) is 18.5 Å². The first-order valence-electron chi connectivity index (χ1n) is 5.55. The lowest BCUT2D eigenvalue weighted by Crippen LogP contribution is -2.26. The lowest BCUT2D eigenvalue weighted by molar-refractivity contribution is 0.579. The molecule has 0 aliphatic heterocycles. The maximum atomic E-state index is 12.1. The monoisotopic (exact) mass is 342 g/mol. The Morgan fingerprint density at radius 1 is 1.42 bits per heavy atom. The van der Waals surface area contributed by atoms with Gasteiger partial charge in [0.2, 0.25) is 10.0 Å². The minimum atomic E-state index is -3.66. The van der Waals surface area contributed by atoms with Crippen molar-refractivity contribution >= 4 is 50.7 Å². The maximum absolute atomic E-state index is 12.1. The first-order valence-corrected chi connectivity index (χ1v) is 9.08. The lowest BCUT2D eigenvalue weighted by atomic mass is 10.3. The van der Waals surface area contributed by atoms with Crippen LogP contribution in [0.1, 0.15) is 13.3 Å². The zero-order chi connectivity index (χ0) is 14.6. The molecular formula is C11H16Cl2N2O2S2. The summed E-state index contributed by atoms with van der Waals surface area (Å²) in [5.74, 6) is 0. The van der Waals surface area contributed by atoms with E-state index in [0.29, 0.717) is 11.8 Å². The van der Waals surface area contributed by atoms with Crippen LogP contribution in [0.2, 0.25) is 10.0 Å². The Balaban J connectivity index is 2.87. The van der Waals surface area contributed by atoms with Crippen molar-refractivity contribution in [3.05, 3.63) is 22.2 Å². The number of thioether (sulfide) groups is 1. The molecule has 0 spiro atoms. The number of nitrogens with one attached hydrogen (secondary N) is 1. The van der Waals surface area contributed by atoms with E-state index in [1.165, 1.54) is 12.1 Å². The summed E-state index contributed by atoms with van der Waals surface area (Å²) in [6, 6.07) is 2.77. The van der Waals surface area contributed by atoms with Crippen LogP contribution in [0.3, 0.4) is 0 Å². The van der Waals surface area contributed by atoms with Gasteiger partial charge in [-0.05, 0) is 24.8 Å². The molecule has 108 valence electrons. The zero-order valence-corrected chi connectivity index (χ0v) is 13.8. The van der Waals surface area contributed by atoms with Crippen molar-refractivity contribution in [1.82, 2.24) is 4.72 Å². The fraction of sp³-hybridized carbons (Fsp3) is 0.455. The standard InChI is InChI=1S/C11H16Cl2N2O2S2/c1-7(18-2)5-6-15-19(16,17)9-4-3-8(12)11(14)10(9)13/h3-4,7,15H,5-6,14H2,1-2H3. The molecule has 1 aromatic rings.